The molecule has 3 rings (SSSR count). The molecule has 0 aliphatic heterocycles. The van der Waals surface area contributed by atoms with E-state index in [1.54, 1.807) is 18.2 Å². The van der Waals surface area contributed by atoms with Crippen molar-refractivity contribution in [2.45, 2.75) is 13.5 Å². The topological polar surface area (TPSA) is 56.1 Å². The molecule has 6 heteroatoms. The maximum absolute atomic E-state index is 12.5. The highest BCUT2D eigenvalue weighted by Gasteiger charge is 2.15. The average Bonchev–Trinajstić information content (AvgIpc) is 2.94. The number of nitrogens with one attached hydrogen (secondary N) is 1. The van der Waals surface area contributed by atoms with Crippen molar-refractivity contribution in [3.05, 3.63) is 76.4 Å². The third-order valence-corrected chi connectivity index (χ3v) is 4.04. The van der Waals surface area contributed by atoms with E-state index in [0.717, 1.165) is 11.3 Å². The number of hydrogen-bond acceptors (Lipinski definition) is 3. The number of carbonyl (C=O) groups excluding carboxylic acids is 1. The summed E-state index contributed by atoms with van der Waals surface area (Å²) < 4.78 is 7.07. The summed E-state index contributed by atoms with van der Waals surface area (Å²) in [6.45, 7) is 2.59. The summed E-state index contributed by atoms with van der Waals surface area (Å²) in [5, 5.41) is 7.73. The lowest BCUT2D eigenvalue weighted by Gasteiger charge is -2.08. The van der Waals surface area contributed by atoms with E-state index in [1.807, 2.05) is 48.0 Å². The van der Waals surface area contributed by atoms with Crippen molar-refractivity contribution < 1.29 is 9.53 Å². The molecule has 0 spiro atoms. The van der Waals surface area contributed by atoms with Gasteiger partial charge in [-0.15, -0.1) is 0 Å². The number of rotatable bonds is 5. The molecule has 25 heavy (non-hydrogen) atoms. The fraction of sp³-hybridized carbons (Fsp3) is 0.158. The molecular formula is C19H18ClN3O2. The molecule has 0 atom stereocenters. The number of aromatic nitrogens is 2. The Morgan fingerprint density at radius 1 is 1.20 bits per heavy atom. The van der Waals surface area contributed by atoms with Crippen LogP contribution in [0.3, 0.4) is 0 Å². The third-order valence-electron chi connectivity index (χ3n) is 3.80. The number of amides is 1. The molecular weight excluding hydrogens is 338 g/mol. The Bertz CT molecular complexity index is 891. The first kappa shape index (κ1) is 17.0. The number of ether oxygens (including phenoxy) is 1. The van der Waals surface area contributed by atoms with Gasteiger partial charge in [0.25, 0.3) is 5.91 Å². The Hall–Kier alpha value is -2.79. The first-order valence-corrected chi connectivity index (χ1v) is 8.18. The van der Waals surface area contributed by atoms with Crippen LogP contribution in [0, 0.1) is 6.92 Å². The summed E-state index contributed by atoms with van der Waals surface area (Å²) >= 11 is 5.99. The number of nitrogens with zero attached hydrogens (tertiary/aromatic N) is 2. The zero-order valence-electron chi connectivity index (χ0n) is 14.0. The van der Waals surface area contributed by atoms with Crippen LogP contribution < -0.4 is 10.1 Å². The van der Waals surface area contributed by atoms with Crippen molar-refractivity contribution in [3.8, 4) is 5.75 Å². The summed E-state index contributed by atoms with van der Waals surface area (Å²) in [7, 11) is 1.51. The van der Waals surface area contributed by atoms with Crippen molar-refractivity contribution in [1.82, 2.24) is 9.78 Å². The average molecular weight is 356 g/mol. The smallest absolute Gasteiger partial charge is 0.260 e. The number of benzene rings is 2. The standard InChI is InChI=1S/C19H18ClN3O2/c1-13-10-18(22-23(13)12-14-6-4-3-5-7-14)21-19(24)16-11-15(20)8-9-17(16)25-2/h3-11H,12H2,1-2H3,(H,21,22,24). The Labute approximate surface area is 151 Å². The molecule has 3 aromatic rings. The van der Waals surface area contributed by atoms with Gasteiger partial charge in [0.15, 0.2) is 5.82 Å². The first-order chi connectivity index (χ1) is 12.1. The number of hydrogen-bond donors (Lipinski definition) is 1. The maximum atomic E-state index is 12.5. The van der Waals surface area contributed by atoms with Gasteiger partial charge in [-0.25, -0.2) is 0 Å². The zero-order valence-corrected chi connectivity index (χ0v) is 14.7. The first-order valence-electron chi connectivity index (χ1n) is 7.80. The molecule has 0 aliphatic carbocycles. The molecule has 0 saturated carbocycles. The van der Waals surface area contributed by atoms with Crippen LogP contribution in [0.15, 0.2) is 54.6 Å². The van der Waals surface area contributed by atoms with Gasteiger partial charge in [-0.05, 0) is 30.7 Å². The summed E-state index contributed by atoms with van der Waals surface area (Å²) in [5.74, 6) is 0.631. The minimum atomic E-state index is -0.316. The lowest BCUT2D eigenvalue weighted by Crippen LogP contribution is -2.14. The van der Waals surface area contributed by atoms with Gasteiger partial charge in [0.1, 0.15) is 5.75 Å². The molecule has 0 radical (unpaired) electrons. The molecule has 0 bridgehead atoms. The number of carbonyl (C=O) groups is 1. The molecule has 1 aromatic heterocycles. The number of aryl methyl sites for hydroxylation is 1. The highest BCUT2D eigenvalue weighted by Crippen LogP contribution is 2.23. The lowest BCUT2D eigenvalue weighted by atomic mass is 10.2. The minimum Gasteiger partial charge on any atom is -0.496 e. The Balaban J connectivity index is 1.79. The van der Waals surface area contributed by atoms with Gasteiger partial charge < -0.3 is 10.1 Å². The Morgan fingerprint density at radius 3 is 2.68 bits per heavy atom. The van der Waals surface area contributed by atoms with Crippen LogP contribution >= 0.6 is 11.6 Å². The molecule has 0 aliphatic rings. The van der Waals surface area contributed by atoms with E-state index in [1.165, 1.54) is 7.11 Å². The molecule has 0 saturated heterocycles. The molecule has 0 unspecified atom stereocenters. The van der Waals surface area contributed by atoms with Crippen LogP contribution in [0.4, 0.5) is 5.82 Å². The fourth-order valence-electron chi connectivity index (χ4n) is 2.53. The highest BCUT2D eigenvalue weighted by atomic mass is 35.5. The second-order valence-electron chi connectivity index (χ2n) is 5.61. The predicted octanol–water partition coefficient (Wildman–Crippen LogP) is 4.15. The lowest BCUT2D eigenvalue weighted by molar-refractivity contribution is 0.102. The van der Waals surface area contributed by atoms with Gasteiger partial charge in [-0.3, -0.25) is 9.48 Å². The van der Waals surface area contributed by atoms with Crippen LogP contribution in [-0.4, -0.2) is 22.8 Å². The predicted molar refractivity (Wildman–Crippen MR) is 98.5 cm³/mol. The molecule has 1 N–H and O–H groups in total. The second-order valence-corrected chi connectivity index (χ2v) is 6.05. The summed E-state index contributed by atoms with van der Waals surface area (Å²) in [6.07, 6.45) is 0. The molecule has 1 heterocycles. The summed E-state index contributed by atoms with van der Waals surface area (Å²) in [5.41, 5.74) is 2.46. The van der Waals surface area contributed by atoms with Gasteiger partial charge >= 0.3 is 0 Å². The van der Waals surface area contributed by atoms with Gasteiger partial charge in [0.05, 0.1) is 19.2 Å². The van der Waals surface area contributed by atoms with Crippen molar-refractivity contribution in [2.75, 3.05) is 12.4 Å². The van der Waals surface area contributed by atoms with Gasteiger partial charge in [0.2, 0.25) is 0 Å². The normalized spacial score (nSPS) is 10.5. The van der Waals surface area contributed by atoms with E-state index in [4.69, 9.17) is 16.3 Å². The van der Waals surface area contributed by atoms with Crippen LogP contribution in [0.25, 0.3) is 0 Å². The van der Waals surface area contributed by atoms with Gasteiger partial charge in [0, 0.05) is 16.8 Å². The molecule has 5 nitrogen and oxygen atoms in total. The number of halogens is 1. The monoisotopic (exact) mass is 355 g/mol. The van der Waals surface area contributed by atoms with Crippen LogP contribution in [-0.2, 0) is 6.54 Å². The minimum absolute atomic E-state index is 0.316. The molecule has 2 aromatic carbocycles. The van der Waals surface area contributed by atoms with Gasteiger partial charge in [-0.2, -0.15) is 5.10 Å². The van der Waals surface area contributed by atoms with Crippen molar-refractivity contribution >= 4 is 23.3 Å². The third kappa shape index (κ3) is 4.00. The number of methoxy groups -OCH3 is 1. The molecule has 1 amide bonds. The Morgan fingerprint density at radius 2 is 1.96 bits per heavy atom. The van der Waals surface area contributed by atoms with E-state index in [9.17, 15) is 4.79 Å². The molecule has 0 fully saturated rings. The van der Waals surface area contributed by atoms with Crippen molar-refractivity contribution in [2.24, 2.45) is 0 Å². The highest BCUT2D eigenvalue weighted by molar-refractivity contribution is 6.31. The van der Waals surface area contributed by atoms with E-state index < -0.39 is 0 Å². The second kappa shape index (κ2) is 7.40. The fourth-order valence-corrected chi connectivity index (χ4v) is 2.70. The Kier molecular flexibility index (Phi) is 5.05. The molecule has 128 valence electrons. The van der Waals surface area contributed by atoms with Crippen LogP contribution in [0.5, 0.6) is 5.75 Å². The maximum Gasteiger partial charge on any atom is 0.260 e. The van der Waals surface area contributed by atoms with E-state index in [0.29, 0.717) is 28.7 Å². The van der Waals surface area contributed by atoms with Crippen LogP contribution in [0.1, 0.15) is 21.6 Å². The largest absolute Gasteiger partial charge is 0.496 e. The quantitative estimate of drug-likeness (QED) is 0.747. The van der Waals surface area contributed by atoms with Gasteiger partial charge in [-0.1, -0.05) is 41.9 Å². The summed E-state index contributed by atoms with van der Waals surface area (Å²) in [4.78, 5) is 12.5. The van der Waals surface area contributed by atoms with E-state index in [-0.39, 0.29) is 5.91 Å². The summed E-state index contributed by atoms with van der Waals surface area (Å²) in [6, 6.07) is 16.8. The van der Waals surface area contributed by atoms with E-state index in [2.05, 4.69) is 10.4 Å². The van der Waals surface area contributed by atoms with Crippen LogP contribution in [0.2, 0.25) is 5.02 Å². The van der Waals surface area contributed by atoms with Crippen molar-refractivity contribution in [1.29, 1.82) is 0 Å². The zero-order chi connectivity index (χ0) is 17.8. The SMILES string of the molecule is COc1ccc(Cl)cc1C(=O)Nc1cc(C)n(Cc2ccccc2)n1. The van der Waals surface area contributed by atoms with E-state index >= 15 is 0 Å². The number of anilines is 1. The van der Waals surface area contributed by atoms with Crippen molar-refractivity contribution in [3.63, 3.8) is 0 Å².